The van der Waals surface area contributed by atoms with Gasteiger partial charge in [-0.25, -0.2) is 0 Å². The van der Waals surface area contributed by atoms with Crippen LogP contribution in [-0.4, -0.2) is 43.5 Å². The first-order chi connectivity index (χ1) is 5.70. The van der Waals surface area contributed by atoms with Gasteiger partial charge in [-0.15, -0.1) is 0 Å². The van der Waals surface area contributed by atoms with E-state index >= 15 is 0 Å². The fourth-order valence-corrected chi connectivity index (χ4v) is 1.01. The monoisotopic (exact) mass is 169 g/mol. The standard InChI is InChI=1S/C9H19N3/c1-4-12(9-10)8-6-5-7-11(2)3/h4-8H2,1-3H3. The number of hydrogen-bond acceptors (Lipinski definition) is 3. The average Bonchev–Trinajstić information content (AvgIpc) is 2.04. The van der Waals surface area contributed by atoms with E-state index in [1.165, 1.54) is 6.42 Å². The van der Waals surface area contributed by atoms with Gasteiger partial charge in [0.05, 0.1) is 0 Å². The number of unbranched alkanes of at least 4 members (excludes halogenated alkanes) is 1. The molecule has 0 atom stereocenters. The zero-order valence-electron chi connectivity index (χ0n) is 8.38. The predicted octanol–water partition coefficient (Wildman–Crippen LogP) is 1.13. The lowest BCUT2D eigenvalue weighted by Gasteiger charge is -2.13. The molecule has 0 saturated heterocycles. The minimum atomic E-state index is 0.832. The van der Waals surface area contributed by atoms with Crippen LogP contribution in [0.25, 0.3) is 0 Å². The largest absolute Gasteiger partial charge is 0.311 e. The van der Waals surface area contributed by atoms with Crippen LogP contribution in [0.2, 0.25) is 0 Å². The van der Waals surface area contributed by atoms with E-state index in [0.717, 1.165) is 26.1 Å². The molecule has 0 aliphatic carbocycles. The molecule has 0 unspecified atom stereocenters. The third-order valence-corrected chi connectivity index (χ3v) is 1.81. The van der Waals surface area contributed by atoms with Crippen LogP contribution in [0.5, 0.6) is 0 Å². The smallest absolute Gasteiger partial charge is 0.179 e. The molecule has 0 heterocycles. The van der Waals surface area contributed by atoms with Crippen LogP contribution in [-0.2, 0) is 0 Å². The van der Waals surface area contributed by atoms with Crippen LogP contribution < -0.4 is 0 Å². The number of hydrogen-bond donors (Lipinski definition) is 0. The Balaban J connectivity index is 3.25. The summed E-state index contributed by atoms with van der Waals surface area (Å²) >= 11 is 0. The van der Waals surface area contributed by atoms with Gasteiger partial charge >= 0.3 is 0 Å². The highest BCUT2D eigenvalue weighted by atomic mass is 15.1. The van der Waals surface area contributed by atoms with Crippen molar-refractivity contribution < 1.29 is 0 Å². The highest BCUT2D eigenvalue weighted by Gasteiger charge is 1.97. The van der Waals surface area contributed by atoms with Crippen LogP contribution >= 0.6 is 0 Å². The van der Waals surface area contributed by atoms with Crippen molar-refractivity contribution in [3.63, 3.8) is 0 Å². The van der Waals surface area contributed by atoms with Gasteiger partial charge in [-0.1, -0.05) is 0 Å². The van der Waals surface area contributed by atoms with Crippen LogP contribution in [0.4, 0.5) is 0 Å². The molecule has 0 aromatic heterocycles. The number of nitrogens with zero attached hydrogens (tertiary/aromatic N) is 3. The molecule has 0 bridgehead atoms. The lowest BCUT2D eigenvalue weighted by molar-refractivity contribution is 0.357. The molecular formula is C9H19N3. The number of rotatable bonds is 6. The van der Waals surface area contributed by atoms with Crippen molar-refractivity contribution in [1.29, 1.82) is 5.26 Å². The van der Waals surface area contributed by atoms with Gasteiger partial charge in [0.2, 0.25) is 0 Å². The summed E-state index contributed by atoms with van der Waals surface area (Å²) in [5.41, 5.74) is 0. The molecule has 0 aliphatic heterocycles. The maximum absolute atomic E-state index is 8.60. The Morgan fingerprint density at radius 1 is 1.17 bits per heavy atom. The SMILES string of the molecule is CCN(C#N)CCCCN(C)C. The summed E-state index contributed by atoms with van der Waals surface area (Å²) in [4.78, 5) is 3.96. The summed E-state index contributed by atoms with van der Waals surface area (Å²) < 4.78 is 0. The quantitative estimate of drug-likeness (QED) is 0.339. The van der Waals surface area contributed by atoms with Gasteiger partial charge in [-0.05, 0) is 40.4 Å². The molecule has 0 aliphatic rings. The lowest BCUT2D eigenvalue weighted by Crippen LogP contribution is -2.20. The first-order valence-corrected chi connectivity index (χ1v) is 4.50. The van der Waals surface area contributed by atoms with Crippen LogP contribution in [0, 0.1) is 11.5 Å². The van der Waals surface area contributed by atoms with E-state index < -0.39 is 0 Å². The first kappa shape index (κ1) is 11.2. The Morgan fingerprint density at radius 2 is 1.75 bits per heavy atom. The van der Waals surface area contributed by atoms with E-state index in [1.54, 1.807) is 4.90 Å². The minimum Gasteiger partial charge on any atom is -0.311 e. The second-order valence-corrected chi connectivity index (χ2v) is 3.19. The molecule has 0 radical (unpaired) electrons. The Morgan fingerprint density at radius 3 is 2.17 bits per heavy atom. The second-order valence-electron chi connectivity index (χ2n) is 3.19. The third kappa shape index (κ3) is 5.99. The van der Waals surface area contributed by atoms with Crippen molar-refractivity contribution in [3.8, 4) is 6.19 Å². The summed E-state index contributed by atoms with van der Waals surface area (Å²) in [6.07, 6.45) is 4.44. The Hall–Kier alpha value is -0.750. The van der Waals surface area contributed by atoms with Gasteiger partial charge in [-0.3, -0.25) is 0 Å². The molecular weight excluding hydrogens is 150 g/mol. The van der Waals surface area contributed by atoms with Crippen molar-refractivity contribution >= 4 is 0 Å². The van der Waals surface area contributed by atoms with Gasteiger partial charge in [0, 0.05) is 13.1 Å². The van der Waals surface area contributed by atoms with E-state index in [-0.39, 0.29) is 0 Å². The molecule has 3 nitrogen and oxygen atoms in total. The zero-order valence-corrected chi connectivity index (χ0v) is 8.38. The maximum atomic E-state index is 8.60. The molecule has 70 valence electrons. The molecule has 0 amide bonds. The molecule has 0 N–H and O–H groups in total. The molecule has 0 fully saturated rings. The van der Waals surface area contributed by atoms with Gasteiger partial charge in [0.15, 0.2) is 6.19 Å². The summed E-state index contributed by atoms with van der Waals surface area (Å²) in [5.74, 6) is 0. The van der Waals surface area contributed by atoms with E-state index in [4.69, 9.17) is 5.26 Å². The molecule has 0 aromatic rings. The Labute approximate surface area is 75.6 Å². The van der Waals surface area contributed by atoms with Crippen molar-refractivity contribution in [2.45, 2.75) is 19.8 Å². The van der Waals surface area contributed by atoms with Gasteiger partial charge < -0.3 is 9.80 Å². The zero-order chi connectivity index (χ0) is 9.40. The van der Waals surface area contributed by atoms with E-state index in [1.807, 2.05) is 6.92 Å². The Kier molecular flexibility index (Phi) is 6.50. The first-order valence-electron chi connectivity index (χ1n) is 4.50. The maximum Gasteiger partial charge on any atom is 0.179 e. The normalized spacial score (nSPS) is 9.92. The summed E-state index contributed by atoms with van der Waals surface area (Å²) in [5, 5.41) is 8.60. The number of nitriles is 1. The highest BCUT2D eigenvalue weighted by molar-refractivity contribution is 4.71. The molecule has 3 heteroatoms. The average molecular weight is 169 g/mol. The summed E-state index contributed by atoms with van der Waals surface area (Å²) in [6, 6.07) is 0. The van der Waals surface area contributed by atoms with Gasteiger partial charge in [-0.2, -0.15) is 5.26 Å². The van der Waals surface area contributed by atoms with Crippen molar-refractivity contribution in [2.24, 2.45) is 0 Å². The minimum absolute atomic E-state index is 0.832. The highest BCUT2D eigenvalue weighted by Crippen LogP contribution is 1.94. The van der Waals surface area contributed by atoms with Crippen LogP contribution in [0.3, 0.4) is 0 Å². The molecule has 0 aromatic carbocycles. The van der Waals surface area contributed by atoms with E-state index in [0.29, 0.717) is 0 Å². The lowest BCUT2D eigenvalue weighted by atomic mass is 10.3. The third-order valence-electron chi connectivity index (χ3n) is 1.81. The fourth-order valence-electron chi connectivity index (χ4n) is 1.01. The van der Waals surface area contributed by atoms with Crippen LogP contribution in [0.15, 0.2) is 0 Å². The van der Waals surface area contributed by atoms with Crippen LogP contribution in [0.1, 0.15) is 19.8 Å². The molecule has 12 heavy (non-hydrogen) atoms. The topological polar surface area (TPSA) is 30.3 Å². The van der Waals surface area contributed by atoms with Gasteiger partial charge in [0.25, 0.3) is 0 Å². The van der Waals surface area contributed by atoms with Crippen molar-refractivity contribution in [2.75, 3.05) is 33.7 Å². The van der Waals surface area contributed by atoms with Crippen molar-refractivity contribution in [3.05, 3.63) is 0 Å². The molecule has 0 rings (SSSR count). The second kappa shape index (κ2) is 6.93. The van der Waals surface area contributed by atoms with Gasteiger partial charge in [0.1, 0.15) is 0 Å². The Bertz CT molecular complexity index is 137. The summed E-state index contributed by atoms with van der Waals surface area (Å²) in [6.45, 7) is 4.86. The molecule has 0 spiro atoms. The fraction of sp³-hybridized carbons (Fsp3) is 0.889. The molecule has 0 saturated carbocycles. The van der Waals surface area contributed by atoms with Crippen molar-refractivity contribution in [1.82, 2.24) is 9.80 Å². The predicted molar refractivity (Wildman–Crippen MR) is 50.6 cm³/mol. The summed E-state index contributed by atoms with van der Waals surface area (Å²) in [7, 11) is 4.14. The van der Waals surface area contributed by atoms with E-state index in [9.17, 15) is 0 Å². The van der Waals surface area contributed by atoms with E-state index in [2.05, 4.69) is 25.2 Å².